The highest BCUT2D eigenvalue weighted by molar-refractivity contribution is 5.41. The summed E-state index contributed by atoms with van der Waals surface area (Å²) in [5.74, 6) is 0. The first-order chi connectivity index (χ1) is 8.36. The molecule has 1 aliphatic heterocycles. The number of aryl methyl sites for hydroxylation is 1. The standard InChI is InChI=1S/C16H16O/c1-12-6-5-9-15-14(12)10-11-17-16(15)13-7-3-2-4-8-13/h2-9,16H,10-11H2,1H3. The maximum Gasteiger partial charge on any atom is 0.108 e. The molecule has 3 rings (SSSR count). The highest BCUT2D eigenvalue weighted by Gasteiger charge is 2.22. The van der Waals surface area contributed by atoms with Gasteiger partial charge < -0.3 is 4.74 Å². The number of fused-ring (bicyclic) bond motifs is 1. The lowest BCUT2D eigenvalue weighted by atomic mass is 9.90. The van der Waals surface area contributed by atoms with Gasteiger partial charge in [-0.1, -0.05) is 48.5 Å². The first-order valence-electron chi connectivity index (χ1n) is 6.11. The van der Waals surface area contributed by atoms with Crippen molar-refractivity contribution in [3.63, 3.8) is 0 Å². The molecule has 1 heteroatoms. The normalized spacial score (nSPS) is 18.8. The molecule has 86 valence electrons. The third-order valence-corrected chi connectivity index (χ3v) is 3.47. The second-order valence-electron chi connectivity index (χ2n) is 4.55. The van der Waals surface area contributed by atoms with Crippen molar-refractivity contribution in [2.45, 2.75) is 19.4 Å². The maximum absolute atomic E-state index is 5.95. The first kappa shape index (κ1) is 10.5. The fourth-order valence-corrected chi connectivity index (χ4v) is 2.58. The molecule has 2 aromatic rings. The summed E-state index contributed by atoms with van der Waals surface area (Å²) in [6.07, 6.45) is 1.14. The molecule has 1 nitrogen and oxygen atoms in total. The molecule has 17 heavy (non-hydrogen) atoms. The van der Waals surface area contributed by atoms with Crippen LogP contribution in [0.15, 0.2) is 48.5 Å². The maximum atomic E-state index is 5.95. The van der Waals surface area contributed by atoms with Crippen molar-refractivity contribution in [3.8, 4) is 0 Å². The molecule has 0 bridgehead atoms. The van der Waals surface area contributed by atoms with Crippen LogP contribution in [0.5, 0.6) is 0 Å². The van der Waals surface area contributed by atoms with E-state index < -0.39 is 0 Å². The molecule has 1 atom stereocenters. The minimum Gasteiger partial charge on any atom is -0.368 e. The lowest BCUT2D eigenvalue weighted by Gasteiger charge is -2.27. The van der Waals surface area contributed by atoms with Gasteiger partial charge in [0.05, 0.1) is 6.61 Å². The van der Waals surface area contributed by atoms with Gasteiger partial charge in [0, 0.05) is 0 Å². The van der Waals surface area contributed by atoms with E-state index >= 15 is 0 Å². The predicted octanol–water partition coefficient (Wildman–Crippen LogP) is 3.66. The summed E-state index contributed by atoms with van der Waals surface area (Å²) < 4.78 is 5.95. The monoisotopic (exact) mass is 224 g/mol. The fraction of sp³-hybridized carbons (Fsp3) is 0.250. The van der Waals surface area contributed by atoms with Crippen LogP contribution in [-0.4, -0.2) is 6.61 Å². The van der Waals surface area contributed by atoms with Gasteiger partial charge in [-0.15, -0.1) is 0 Å². The van der Waals surface area contributed by atoms with Crippen molar-refractivity contribution >= 4 is 0 Å². The van der Waals surface area contributed by atoms with E-state index in [1.807, 2.05) is 6.07 Å². The van der Waals surface area contributed by atoms with E-state index in [1.54, 1.807) is 0 Å². The van der Waals surface area contributed by atoms with Gasteiger partial charge in [-0.25, -0.2) is 0 Å². The topological polar surface area (TPSA) is 9.23 Å². The van der Waals surface area contributed by atoms with Gasteiger partial charge in [-0.3, -0.25) is 0 Å². The third kappa shape index (κ3) is 1.87. The minimum atomic E-state index is 0.111. The highest BCUT2D eigenvalue weighted by atomic mass is 16.5. The molecule has 0 N–H and O–H groups in total. The van der Waals surface area contributed by atoms with Crippen LogP contribution in [0.1, 0.15) is 28.4 Å². The molecule has 0 radical (unpaired) electrons. The van der Waals surface area contributed by atoms with Crippen LogP contribution in [0.25, 0.3) is 0 Å². The largest absolute Gasteiger partial charge is 0.368 e. The zero-order chi connectivity index (χ0) is 11.7. The van der Waals surface area contributed by atoms with Gasteiger partial charge in [0.1, 0.15) is 6.10 Å². The Morgan fingerprint density at radius 1 is 1.00 bits per heavy atom. The van der Waals surface area contributed by atoms with Crippen molar-refractivity contribution in [2.24, 2.45) is 0 Å². The van der Waals surface area contributed by atoms with E-state index in [4.69, 9.17) is 4.74 Å². The van der Waals surface area contributed by atoms with Crippen LogP contribution < -0.4 is 0 Å². The Morgan fingerprint density at radius 2 is 1.82 bits per heavy atom. The molecule has 0 aromatic heterocycles. The lowest BCUT2D eigenvalue weighted by Crippen LogP contribution is -2.18. The molecular formula is C16H16O. The third-order valence-electron chi connectivity index (χ3n) is 3.47. The molecule has 0 fully saturated rings. The van der Waals surface area contributed by atoms with Crippen molar-refractivity contribution in [1.82, 2.24) is 0 Å². The van der Waals surface area contributed by atoms with E-state index in [1.165, 1.54) is 22.3 Å². The van der Waals surface area contributed by atoms with Crippen LogP contribution in [-0.2, 0) is 11.2 Å². The minimum absolute atomic E-state index is 0.111. The van der Waals surface area contributed by atoms with Gasteiger partial charge in [0.15, 0.2) is 0 Å². The van der Waals surface area contributed by atoms with Crippen molar-refractivity contribution in [3.05, 3.63) is 70.8 Å². The van der Waals surface area contributed by atoms with Crippen molar-refractivity contribution in [2.75, 3.05) is 6.61 Å². The van der Waals surface area contributed by atoms with Gasteiger partial charge in [-0.05, 0) is 35.6 Å². The Hall–Kier alpha value is -1.60. The van der Waals surface area contributed by atoms with Crippen LogP contribution in [0.2, 0.25) is 0 Å². The summed E-state index contributed by atoms with van der Waals surface area (Å²) in [4.78, 5) is 0. The van der Waals surface area contributed by atoms with Crippen LogP contribution in [0.4, 0.5) is 0 Å². The number of rotatable bonds is 1. The first-order valence-corrected chi connectivity index (χ1v) is 6.11. The molecule has 0 aliphatic carbocycles. The number of hydrogen-bond acceptors (Lipinski definition) is 1. The molecule has 0 spiro atoms. The lowest BCUT2D eigenvalue weighted by molar-refractivity contribution is 0.0696. The Kier molecular flexibility index (Phi) is 2.69. The predicted molar refractivity (Wildman–Crippen MR) is 69.1 cm³/mol. The summed E-state index contributed by atoms with van der Waals surface area (Å²) in [7, 11) is 0. The van der Waals surface area contributed by atoms with Crippen LogP contribution >= 0.6 is 0 Å². The Balaban J connectivity index is 2.09. The summed E-state index contributed by atoms with van der Waals surface area (Å²) in [5, 5.41) is 0. The van der Waals surface area contributed by atoms with Gasteiger partial charge in [0.25, 0.3) is 0 Å². The molecule has 0 amide bonds. The fourth-order valence-electron chi connectivity index (χ4n) is 2.58. The Bertz CT molecular complexity index is 516. The van der Waals surface area contributed by atoms with Crippen LogP contribution in [0.3, 0.4) is 0 Å². The average Bonchev–Trinajstić information content (AvgIpc) is 2.40. The second kappa shape index (κ2) is 4.34. The number of benzene rings is 2. The highest BCUT2D eigenvalue weighted by Crippen LogP contribution is 2.33. The molecule has 1 aliphatic rings. The van der Waals surface area contributed by atoms with E-state index in [9.17, 15) is 0 Å². The summed E-state index contributed by atoms with van der Waals surface area (Å²) in [5.41, 5.74) is 5.43. The quantitative estimate of drug-likeness (QED) is 0.718. The SMILES string of the molecule is Cc1cccc2c1CCOC2c1ccccc1. The molecule has 2 aromatic carbocycles. The van der Waals surface area contributed by atoms with Gasteiger partial charge >= 0.3 is 0 Å². The van der Waals surface area contributed by atoms with Gasteiger partial charge in [0.2, 0.25) is 0 Å². The zero-order valence-electron chi connectivity index (χ0n) is 10.0. The van der Waals surface area contributed by atoms with Crippen LogP contribution in [0, 0.1) is 6.92 Å². The van der Waals surface area contributed by atoms with E-state index in [0.717, 1.165) is 13.0 Å². The van der Waals surface area contributed by atoms with E-state index in [-0.39, 0.29) is 6.10 Å². The average molecular weight is 224 g/mol. The molecule has 0 saturated heterocycles. The summed E-state index contributed by atoms with van der Waals surface area (Å²) >= 11 is 0. The molecule has 1 heterocycles. The number of hydrogen-bond donors (Lipinski definition) is 0. The smallest absolute Gasteiger partial charge is 0.108 e. The summed E-state index contributed by atoms with van der Waals surface area (Å²) in [6, 6.07) is 17.0. The van der Waals surface area contributed by atoms with Gasteiger partial charge in [-0.2, -0.15) is 0 Å². The molecular weight excluding hydrogens is 208 g/mol. The van der Waals surface area contributed by atoms with Crippen molar-refractivity contribution in [1.29, 1.82) is 0 Å². The Labute approximate surface area is 102 Å². The van der Waals surface area contributed by atoms with E-state index in [2.05, 4.69) is 49.4 Å². The summed E-state index contributed by atoms with van der Waals surface area (Å²) in [6.45, 7) is 3.00. The Morgan fingerprint density at radius 3 is 2.65 bits per heavy atom. The van der Waals surface area contributed by atoms with E-state index in [0.29, 0.717) is 0 Å². The molecule has 1 unspecified atom stereocenters. The molecule has 0 saturated carbocycles. The number of ether oxygens (including phenoxy) is 1. The second-order valence-corrected chi connectivity index (χ2v) is 4.55. The van der Waals surface area contributed by atoms with Crippen molar-refractivity contribution < 1.29 is 4.74 Å². The zero-order valence-corrected chi connectivity index (χ0v) is 10.0.